The fraction of sp³-hybridized carbons (Fsp3) is 0.556. The average molecular weight is 436 g/mol. The molecule has 32 heavy (non-hydrogen) atoms. The Morgan fingerprint density at radius 2 is 1.91 bits per heavy atom. The number of likely N-dealkylation sites (N-methyl/N-ethyl adjacent to an activating group) is 1. The second-order valence-corrected chi connectivity index (χ2v) is 10.4. The summed E-state index contributed by atoms with van der Waals surface area (Å²) in [6.45, 7) is 9.63. The minimum Gasteiger partial charge on any atom is -0.490 e. The molecule has 5 heteroatoms. The van der Waals surface area contributed by atoms with E-state index in [1.54, 1.807) is 19.4 Å². The summed E-state index contributed by atoms with van der Waals surface area (Å²) in [6, 6.07) is 15.9. The highest BCUT2D eigenvalue weighted by molar-refractivity contribution is 5.80. The van der Waals surface area contributed by atoms with Gasteiger partial charge in [0.15, 0.2) is 0 Å². The summed E-state index contributed by atoms with van der Waals surface area (Å²) in [6.07, 6.45) is 3.39. The first-order valence-electron chi connectivity index (χ1n) is 12.2. The first-order valence-corrected chi connectivity index (χ1v) is 12.2. The smallest absolute Gasteiger partial charge is 0.122 e. The molecule has 5 rings (SSSR count). The van der Waals surface area contributed by atoms with Crippen LogP contribution in [0.15, 0.2) is 42.5 Å². The van der Waals surface area contributed by atoms with Gasteiger partial charge >= 0.3 is 0 Å². The molecule has 0 aromatic heterocycles. The number of ether oxygens (including phenoxy) is 1. The fourth-order valence-corrected chi connectivity index (χ4v) is 5.78. The van der Waals surface area contributed by atoms with E-state index in [9.17, 15) is 5.11 Å². The highest BCUT2D eigenvalue weighted by Gasteiger charge is 2.44. The third-order valence-corrected chi connectivity index (χ3v) is 7.35. The second-order valence-electron chi connectivity index (χ2n) is 10.4. The lowest BCUT2D eigenvalue weighted by Gasteiger charge is -2.41. The van der Waals surface area contributed by atoms with Crippen molar-refractivity contribution in [1.82, 2.24) is 4.90 Å². The molecule has 0 unspecified atom stereocenters. The average Bonchev–Trinajstić information content (AvgIpc) is 3.09. The van der Waals surface area contributed by atoms with Crippen LogP contribution in [-0.4, -0.2) is 68.0 Å². The molecule has 0 aliphatic carbocycles. The van der Waals surface area contributed by atoms with E-state index < -0.39 is 5.60 Å². The summed E-state index contributed by atoms with van der Waals surface area (Å²) < 4.78 is 5.92. The number of rotatable bonds is 7. The third-order valence-electron chi connectivity index (χ3n) is 7.35. The van der Waals surface area contributed by atoms with Crippen molar-refractivity contribution < 1.29 is 9.84 Å². The van der Waals surface area contributed by atoms with Crippen LogP contribution < -0.4 is 14.5 Å². The Bertz CT molecular complexity index is 954. The van der Waals surface area contributed by atoms with E-state index >= 15 is 0 Å². The molecule has 0 bridgehead atoms. The standard InChI is InChI=1S/C27H37N3O2/c1-27(2,31)19-32-25-12-5-4-8-20(25)9-7-14-29-15-13-23-22(18-29)21-10-6-11-24-26(21)30(23)17-16-28(24)3/h4-6,8,10-12,22-23,31H,7,9,13-19H2,1-3H3/t22-,23-/m0/s1. The van der Waals surface area contributed by atoms with Crippen LogP contribution in [0.2, 0.25) is 0 Å². The lowest BCUT2D eigenvalue weighted by molar-refractivity contribution is 0.0281. The van der Waals surface area contributed by atoms with Crippen LogP contribution in [0.4, 0.5) is 11.4 Å². The van der Waals surface area contributed by atoms with Crippen LogP contribution in [0, 0.1) is 0 Å². The second kappa shape index (κ2) is 8.60. The number of fused-ring (bicyclic) bond motifs is 3. The summed E-state index contributed by atoms with van der Waals surface area (Å²) in [5.74, 6) is 1.54. The zero-order valence-electron chi connectivity index (χ0n) is 19.8. The lowest BCUT2D eigenvalue weighted by Crippen LogP contribution is -2.49. The van der Waals surface area contributed by atoms with Gasteiger partial charge in [0.25, 0.3) is 0 Å². The van der Waals surface area contributed by atoms with Crippen molar-refractivity contribution in [2.75, 3.05) is 56.2 Å². The van der Waals surface area contributed by atoms with Crippen LogP contribution >= 0.6 is 0 Å². The number of para-hydroxylation sites is 2. The molecule has 1 N–H and O–H groups in total. The summed E-state index contributed by atoms with van der Waals surface area (Å²) in [5.41, 5.74) is 4.91. The Morgan fingerprint density at radius 3 is 2.75 bits per heavy atom. The molecule has 172 valence electrons. The Hall–Kier alpha value is -2.24. The highest BCUT2D eigenvalue weighted by Crippen LogP contribution is 2.50. The van der Waals surface area contributed by atoms with Crippen molar-refractivity contribution in [3.8, 4) is 5.75 Å². The number of aliphatic hydroxyl groups is 1. The maximum atomic E-state index is 9.99. The number of anilines is 2. The van der Waals surface area contributed by atoms with Crippen molar-refractivity contribution in [2.45, 2.75) is 50.7 Å². The molecule has 0 saturated carbocycles. The van der Waals surface area contributed by atoms with Crippen molar-refractivity contribution in [3.63, 3.8) is 0 Å². The summed E-state index contributed by atoms with van der Waals surface area (Å²) in [5, 5.41) is 9.99. The van der Waals surface area contributed by atoms with Gasteiger partial charge in [0.1, 0.15) is 12.4 Å². The predicted octanol–water partition coefficient (Wildman–Crippen LogP) is 3.90. The van der Waals surface area contributed by atoms with Gasteiger partial charge in [0, 0.05) is 45.2 Å². The Kier molecular flexibility index (Phi) is 5.81. The molecule has 1 saturated heterocycles. The van der Waals surface area contributed by atoms with Gasteiger partial charge in [-0.25, -0.2) is 0 Å². The topological polar surface area (TPSA) is 39.2 Å². The van der Waals surface area contributed by atoms with Gasteiger partial charge < -0.3 is 24.5 Å². The molecule has 3 aliphatic rings. The van der Waals surface area contributed by atoms with Gasteiger partial charge in [-0.2, -0.15) is 0 Å². The Labute approximate surface area is 192 Å². The molecule has 3 aliphatic heterocycles. The number of nitrogens with zero attached hydrogens (tertiary/aromatic N) is 3. The van der Waals surface area contributed by atoms with Gasteiger partial charge in [-0.3, -0.25) is 0 Å². The molecule has 5 nitrogen and oxygen atoms in total. The number of piperidine rings is 1. The summed E-state index contributed by atoms with van der Waals surface area (Å²) in [4.78, 5) is 7.80. The molecule has 2 aromatic rings. The van der Waals surface area contributed by atoms with Gasteiger partial charge in [0.2, 0.25) is 0 Å². The van der Waals surface area contributed by atoms with Gasteiger partial charge in [-0.15, -0.1) is 0 Å². The fourth-order valence-electron chi connectivity index (χ4n) is 5.78. The number of hydrogen-bond donors (Lipinski definition) is 1. The van der Waals surface area contributed by atoms with Crippen LogP contribution in [-0.2, 0) is 6.42 Å². The van der Waals surface area contributed by atoms with Crippen molar-refractivity contribution in [3.05, 3.63) is 53.6 Å². The zero-order chi connectivity index (χ0) is 22.3. The molecule has 2 aromatic carbocycles. The summed E-state index contributed by atoms with van der Waals surface area (Å²) in [7, 11) is 2.23. The van der Waals surface area contributed by atoms with Crippen LogP contribution in [0.5, 0.6) is 5.75 Å². The largest absolute Gasteiger partial charge is 0.490 e. The maximum absolute atomic E-state index is 9.99. The van der Waals surface area contributed by atoms with Gasteiger partial charge in [-0.1, -0.05) is 30.3 Å². The quantitative estimate of drug-likeness (QED) is 0.714. The number of hydrogen-bond acceptors (Lipinski definition) is 5. The van der Waals surface area contributed by atoms with E-state index in [-0.39, 0.29) is 0 Å². The molecule has 3 heterocycles. The van der Waals surface area contributed by atoms with E-state index in [0.29, 0.717) is 18.6 Å². The first kappa shape index (κ1) is 21.6. The molecule has 0 radical (unpaired) electrons. The van der Waals surface area contributed by atoms with Crippen LogP contribution in [0.3, 0.4) is 0 Å². The minimum absolute atomic E-state index is 0.312. The van der Waals surface area contributed by atoms with E-state index in [2.05, 4.69) is 52.1 Å². The minimum atomic E-state index is -0.820. The van der Waals surface area contributed by atoms with Gasteiger partial charge in [-0.05, 0) is 62.9 Å². The number of benzene rings is 2. The van der Waals surface area contributed by atoms with Gasteiger partial charge in [0.05, 0.1) is 17.0 Å². The Morgan fingerprint density at radius 1 is 1.06 bits per heavy atom. The van der Waals surface area contributed by atoms with Crippen molar-refractivity contribution >= 4 is 11.4 Å². The molecular weight excluding hydrogens is 398 g/mol. The number of aryl methyl sites for hydroxylation is 1. The molecule has 1 fully saturated rings. The molecular formula is C27H37N3O2. The summed E-state index contributed by atoms with van der Waals surface area (Å²) >= 11 is 0. The maximum Gasteiger partial charge on any atom is 0.122 e. The Balaban J connectivity index is 1.21. The monoisotopic (exact) mass is 435 g/mol. The highest BCUT2D eigenvalue weighted by atomic mass is 16.5. The number of likely N-dealkylation sites (tertiary alicyclic amines) is 1. The first-order chi connectivity index (χ1) is 15.4. The molecule has 2 atom stereocenters. The van der Waals surface area contributed by atoms with E-state index in [4.69, 9.17) is 4.74 Å². The third kappa shape index (κ3) is 4.20. The van der Waals surface area contributed by atoms with Crippen LogP contribution in [0.1, 0.15) is 43.7 Å². The normalized spacial score (nSPS) is 22.6. The van der Waals surface area contributed by atoms with E-state index in [1.807, 2.05) is 12.1 Å². The van der Waals surface area contributed by atoms with E-state index in [0.717, 1.165) is 44.8 Å². The zero-order valence-corrected chi connectivity index (χ0v) is 19.8. The lowest BCUT2D eigenvalue weighted by atomic mass is 9.89. The predicted molar refractivity (Wildman–Crippen MR) is 131 cm³/mol. The van der Waals surface area contributed by atoms with E-state index in [1.165, 1.54) is 29.9 Å². The van der Waals surface area contributed by atoms with Crippen molar-refractivity contribution in [1.29, 1.82) is 0 Å². The van der Waals surface area contributed by atoms with Crippen molar-refractivity contribution in [2.24, 2.45) is 0 Å². The molecule has 0 spiro atoms. The molecule has 0 amide bonds. The SMILES string of the molecule is CN1CCN2c3c(cccc31)[C@@H]1CN(CCCc3ccccc3OCC(C)(C)O)CC[C@@H]12. The van der Waals surface area contributed by atoms with Crippen LogP contribution in [0.25, 0.3) is 0 Å².